The number of methoxy groups -OCH3 is 1. The van der Waals surface area contributed by atoms with Crippen LogP contribution in [0, 0.1) is 6.92 Å². The molecule has 0 aliphatic heterocycles. The molecular weight excluding hydrogens is 296 g/mol. The number of aromatic nitrogens is 1. The summed E-state index contributed by atoms with van der Waals surface area (Å²) in [6.07, 6.45) is 1.52. The lowest BCUT2D eigenvalue weighted by Gasteiger charge is -2.26. The Morgan fingerprint density at radius 3 is 2.61 bits per heavy atom. The molecule has 0 spiro atoms. The van der Waals surface area contributed by atoms with Crippen molar-refractivity contribution in [1.82, 2.24) is 4.98 Å². The molecule has 1 aromatic rings. The topological polar surface area (TPSA) is 69.7 Å². The van der Waals surface area contributed by atoms with E-state index in [-0.39, 0.29) is 5.91 Å². The van der Waals surface area contributed by atoms with Crippen molar-refractivity contribution in [1.29, 1.82) is 0 Å². The molecule has 0 saturated heterocycles. The molecule has 0 aliphatic carbocycles. The van der Waals surface area contributed by atoms with Crippen LogP contribution < -0.4 is 10.1 Å². The SMILES string of the molecule is CCC[C@](C)(OC)C(=O)Nc1ccc(OCCOCC)nc1C. The Labute approximate surface area is 138 Å². The average molecular weight is 324 g/mol. The number of ether oxygens (including phenoxy) is 3. The van der Waals surface area contributed by atoms with Crippen molar-refractivity contribution in [3.8, 4) is 5.88 Å². The molecule has 1 atom stereocenters. The highest BCUT2D eigenvalue weighted by atomic mass is 16.5. The minimum Gasteiger partial charge on any atom is -0.475 e. The van der Waals surface area contributed by atoms with E-state index >= 15 is 0 Å². The first kappa shape index (κ1) is 19.4. The van der Waals surface area contributed by atoms with Crippen molar-refractivity contribution < 1.29 is 19.0 Å². The Morgan fingerprint density at radius 2 is 2.04 bits per heavy atom. The van der Waals surface area contributed by atoms with Crippen LogP contribution in [0.1, 0.15) is 39.3 Å². The van der Waals surface area contributed by atoms with E-state index in [1.807, 2.05) is 20.8 Å². The number of hydrogen-bond acceptors (Lipinski definition) is 5. The van der Waals surface area contributed by atoms with Gasteiger partial charge in [0.1, 0.15) is 12.2 Å². The predicted molar refractivity (Wildman–Crippen MR) is 89.9 cm³/mol. The monoisotopic (exact) mass is 324 g/mol. The Kier molecular flexibility index (Phi) is 7.98. The zero-order valence-corrected chi connectivity index (χ0v) is 14.8. The Bertz CT molecular complexity index is 507. The first-order valence-corrected chi connectivity index (χ1v) is 8.01. The standard InChI is InChI=1S/C17H28N2O4/c1-6-10-17(4,21-5)16(20)19-14-8-9-15(18-13(14)3)23-12-11-22-7-2/h8-9H,6-7,10-12H2,1-5H3,(H,19,20)/t17-/m0/s1. The lowest BCUT2D eigenvalue weighted by Crippen LogP contribution is -2.42. The number of nitrogens with one attached hydrogen (secondary N) is 1. The zero-order valence-electron chi connectivity index (χ0n) is 14.8. The van der Waals surface area contributed by atoms with Crippen LogP contribution in [0.3, 0.4) is 0 Å². The molecule has 1 heterocycles. The zero-order chi connectivity index (χ0) is 17.3. The molecule has 1 aromatic heterocycles. The lowest BCUT2D eigenvalue weighted by atomic mass is 9.99. The van der Waals surface area contributed by atoms with Gasteiger partial charge in [-0.2, -0.15) is 0 Å². The van der Waals surface area contributed by atoms with Crippen LogP contribution in [-0.4, -0.2) is 43.4 Å². The van der Waals surface area contributed by atoms with E-state index in [9.17, 15) is 4.79 Å². The van der Waals surface area contributed by atoms with Crippen LogP contribution in [0.25, 0.3) is 0 Å². The number of carbonyl (C=O) groups excluding carboxylic acids is 1. The van der Waals surface area contributed by atoms with Crippen LogP contribution in [-0.2, 0) is 14.3 Å². The van der Waals surface area contributed by atoms with Gasteiger partial charge < -0.3 is 19.5 Å². The normalized spacial score (nSPS) is 13.4. The van der Waals surface area contributed by atoms with Crippen LogP contribution in [0.5, 0.6) is 5.88 Å². The number of nitrogens with zero attached hydrogens (tertiary/aromatic N) is 1. The van der Waals surface area contributed by atoms with Crippen molar-refractivity contribution in [2.75, 3.05) is 32.2 Å². The third kappa shape index (κ3) is 5.80. The fraction of sp³-hybridized carbons (Fsp3) is 0.647. The van der Waals surface area contributed by atoms with Crippen LogP contribution in [0.4, 0.5) is 5.69 Å². The number of pyridine rings is 1. The highest BCUT2D eigenvalue weighted by Gasteiger charge is 2.32. The average Bonchev–Trinajstić information content (AvgIpc) is 2.54. The number of aryl methyl sites for hydroxylation is 1. The van der Waals surface area contributed by atoms with E-state index in [0.717, 1.165) is 6.42 Å². The molecule has 0 fully saturated rings. The Morgan fingerprint density at radius 1 is 1.30 bits per heavy atom. The van der Waals surface area contributed by atoms with E-state index in [1.54, 1.807) is 26.2 Å². The molecule has 0 aromatic carbocycles. The predicted octanol–water partition coefficient (Wildman–Crippen LogP) is 2.95. The van der Waals surface area contributed by atoms with Crippen molar-refractivity contribution in [3.05, 3.63) is 17.8 Å². The smallest absolute Gasteiger partial charge is 0.256 e. The van der Waals surface area contributed by atoms with Gasteiger partial charge in [0, 0.05) is 19.8 Å². The molecule has 1 rings (SSSR count). The fourth-order valence-electron chi connectivity index (χ4n) is 2.14. The van der Waals surface area contributed by atoms with E-state index in [1.165, 1.54) is 0 Å². The minimum atomic E-state index is -0.839. The van der Waals surface area contributed by atoms with Gasteiger partial charge in [-0.25, -0.2) is 4.98 Å². The molecular formula is C17H28N2O4. The van der Waals surface area contributed by atoms with E-state index in [2.05, 4.69) is 10.3 Å². The van der Waals surface area contributed by atoms with Gasteiger partial charge in [0.15, 0.2) is 0 Å². The van der Waals surface area contributed by atoms with Gasteiger partial charge in [0.2, 0.25) is 5.88 Å². The number of hydrogen-bond donors (Lipinski definition) is 1. The first-order valence-electron chi connectivity index (χ1n) is 8.01. The van der Waals surface area contributed by atoms with E-state index in [0.29, 0.717) is 43.5 Å². The number of rotatable bonds is 10. The summed E-state index contributed by atoms with van der Waals surface area (Å²) in [6.45, 7) is 9.21. The van der Waals surface area contributed by atoms with Crippen LogP contribution >= 0.6 is 0 Å². The molecule has 1 amide bonds. The summed E-state index contributed by atoms with van der Waals surface area (Å²) in [5.74, 6) is 0.347. The molecule has 23 heavy (non-hydrogen) atoms. The Hall–Kier alpha value is -1.66. The van der Waals surface area contributed by atoms with Crippen molar-refractivity contribution >= 4 is 11.6 Å². The molecule has 0 aliphatic rings. The van der Waals surface area contributed by atoms with Gasteiger partial charge in [-0.05, 0) is 33.3 Å². The third-order valence-corrected chi connectivity index (χ3v) is 3.65. The summed E-state index contributed by atoms with van der Waals surface area (Å²) in [6, 6.07) is 3.52. The summed E-state index contributed by atoms with van der Waals surface area (Å²) in [5.41, 5.74) is 0.516. The molecule has 1 N–H and O–H groups in total. The van der Waals surface area contributed by atoms with Gasteiger partial charge in [-0.1, -0.05) is 13.3 Å². The summed E-state index contributed by atoms with van der Waals surface area (Å²) in [5, 5.41) is 2.88. The lowest BCUT2D eigenvalue weighted by molar-refractivity contribution is -0.136. The quantitative estimate of drug-likeness (QED) is 0.670. The highest BCUT2D eigenvalue weighted by molar-refractivity contribution is 5.97. The fourth-order valence-corrected chi connectivity index (χ4v) is 2.14. The molecule has 0 saturated carbocycles. The highest BCUT2D eigenvalue weighted by Crippen LogP contribution is 2.22. The van der Waals surface area contributed by atoms with Gasteiger partial charge in [-0.15, -0.1) is 0 Å². The van der Waals surface area contributed by atoms with Gasteiger partial charge in [0.25, 0.3) is 5.91 Å². The van der Waals surface area contributed by atoms with Crippen molar-refractivity contribution in [2.45, 2.75) is 46.1 Å². The number of anilines is 1. The summed E-state index contributed by atoms with van der Waals surface area (Å²) >= 11 is 0. The van der Waals surface area contributed by atoms with Gasteiger partial charge in [0.05, 0.1) is 18.0 Å². The molecule has 0 unspecified atom stereocenters. The van der Waals surface area contributed by atoms with Crippen molar-refractivity contribution in [2.24, 2.45) is 0 Å². The third-order valence-electron chi connectivity index (χ3n) is 3.65. The second-order valence-electron chi connectivity index (χ2n) is 5.47. The maximum Gasteiger partial charge on any atom is 0.256 e. The second kappa shape index (κ2) is 9.47. The minimum absolute atomic E-state index is 0.170. The van der Waals surface area contributed by atoms with Gasteiger partial charge >= 0.3 is 0 Å². The molecule has 0 bridgehead atoms. The summed E-state index contributed by atoms with van der Waals surface area (Å²) in [4.78, 5) is 16.8. The molecule has 6 nitrogen and oxygen atoms in total. The van der Waals surface area contributed by atoms with E-state index in [4.69, 9.17) is 14.2 Å². The van der Waals surface area contributed by atoms with Crippen LogP contribution in [0.2, 0.25) is 0 Å². The second-order valence-corrected chi connectivity index (χ2v) is 5.47. The summed E-state index contributed by atoms with van der Waals surface area (Å²) < 4.78 is 16.1. The molecule has 6 heteroatoms. The largest absolute Gasteiger partial charge is 0.475 e. The maximum atomic E-state index is 12.4. The van der Waals surface area contributed by atoms with Crippen molar-refractivity contribution in [3.63, 3.8) is 0 Å². The van der Waals surface area contributed by atoms with Crippen LogP contribution in [0.15, 0.2) is 12.1 Å². The number of amides is 1. The summed E-state index contributed by atoms with van der Waals surface area (Å²) in [7, 11) is 1.55. The first-order chi connectivity index (χ1) is 11.0. The van der Waals surface area contributed by atoms with E-state index < -0.39 is 5.60 Å². The van der Waals surface area contributed by atoms with Gasteiger partial charge in [-0.3, -0.25) is 4.79 Å². The Balaban J connectivity index is 2.69. The molecule has 0 radical (unpaired) electrons. The number of carbonyl (C=O) groups is 1. The maximum absolute atomic E-state index is 12.4. The molecule has 130 valence electrons.